The van der Waals surface area contributed by atoms with E-state index in [0.717, 1.165) is 19.3 Å². The second-order valence-electron chi connectivity index (χ2n) is 13.7. The van der Waals surface area contributed by atoms with E-state index in [1.54, 1.807) is 0 Å². The first kappa shape index (κ1) is 43.8. The summed E-state index contributed by atoms with van der Waals surface area (Å²) in [6.45, 7) is 6.75. The zero-order valence-electron chi connectivity index (χ0n) is 30.1. The number of hydrogen-bond acceptors (Lipinski definition) is 5. The van der Waals surface area contributed by atoms with Crippen molar-refractivity contribution >= 4 is 0 Å². The van der Waals surface area contributed by atoms with Crippen LogP contribution < -0.4 is 0 Å². The first-order valence-electron chi connectivity index (χ1n) is 19.9. The van der Waals surface area contributed by atoms with Crippen molar-refractivity contribution in [3.8, 4) is 0 Å². The van der Waals surface area contributed by atoms with Gasteiger partial charge in [-0.15, -0.1) is 0 Å². The third-order valence-electron chi connectivity index (χ3n) is 9.48. The molecule has 0 amide bonds. The van der Waals surface area contributed by atoms with E-state index in [1.807, 2.05) is 0 Å². The fourth-order valence-corrected chi connectivity index (χ4v) is 6.54. The summed E-state index contributed by atoms with van der Waals surface area (Å²) in [6.07, 6.45) is 37.9. The van der Waals surface area contributed by atoms with Gasteiger partial charge in [-0.25, -0.2) is 0 Å². The van der Waals surface area contributed by atoms with Crippen LogP contribution >= 0.6 is 0 Å². The van der Waals surface area contributed by atoms with Gasteiger partial charge in [-0.3, -0.25) is 4.90 Å². The van der Waals surface area contributed by atoms with Gasteiger partial charge in [0.25, 0.3) is 0 Å². The summed E-state index contributed by atoms with van der Waals surface area (Å²) in [5.41, 5.74) is 0. The third-order valence-corrected chi connectivity index (χ3v) is 9.48. The molecule has 2 atom stereocenters. The van der Waals surface area contributed by atoms with E-state index in [-0.39, 0.29) is 19.3 Å². The fourth-order valence-electron chi connectivity index (χ4n) is 6.54. The lowest BCUT2D eigenvalue weighted by Gasteiger charge is -2.31. The molecule has 5 heteroatoms. The van der Waals surface area contributed by atoms with Crippen molar-refractivity contribution in [1.82, 2.24) is 4.90 Å². The molecular formula is C39H81NO4. The van der Waals surface area contributed by atoms with Gasteiger partial charge in [-0.2, -0.15) is 0 Å². The number of hydrogen-bond donors (Lipinski definition) is 3. The molecule has 44 heavy (non-hydrogen) atoms. The van der Waals surface area contributed by atoms with Gasteiger partial charge >= 0.3 is 0 Å². The lowest BCUT2D eigenvalue weighted by molar-refractivity contribution is -0.108. The van der Waals surface area contributed by atoms with E-state index in [1.165, 1.54) is 167 Å². The van der Waals surface area contributed by atoms with Gasteiger partial charge in [0.1, 0.15) is 0 Å². The largest absolute Gasteiger partial charge is 0.396 e. The molecule has 0 fully saturated rings. The molecule has 5 nitrogen and oxygen atoms in total. The second kappa shape index (κ2) is 37.3. The first-order valence-corrected chi connectivity index (χ1v) is 19.9. The molecule has 2 unspecified atom stereocenters. The van der Waals surface area contributed by atoms with Crippen molar-refractivity contribution in [2.45, 2.75) is 219 Å². The van der Waals surface area contributed by atoms with Crippen molar-refractivity contribution in [2.75, 3.05) is 32.9 Å². The van der Waals surface area contributed by atoms with E-state index < -0.39 is 6.29 Å². The van der Waals surface area contributed by atoms with Gasteiger partial charge < -0.3 is 20.1 Å². The Morgan fingerprint density at radius 3 is 1.20 bits per heavy atom. The molecule has 0 spiro atoms. The fraction of sp³-hybridized carbons (Fsp3) is 1.00. The number of unbranched alkanes of at least 4 members (excludes halogenated alkanes) is 25. The summed E-state index contributed by atoms with van der Waals surface area (Å²) < 4.78 is 5.72. The number of nitrogens with zero attached hydrogens (tertiary/aromatic N) is 1. The van der Waals surface area contributed by atoms with Crippen LogP contribution in [-0.4, -0.2) is 65.5 Å². The smallest absolute Gasteiger partial charge is 0.155 e. The van der Waals surface area contributed by atoms with E-state index in [4.69, 9.17) is 4.74 Å². The van der Waals surface area contributed by atoms with Crippen LogP contribution in [0.25, 0.3) is 0 Å². The van der Waals surface area contributed by atoms with Gasteiger partial charge in [-0.05, 0) is 19.3 Å². The van der Waals surface area contributed by atoms with Crippen LogP contribution in [0.5, 0.6) is 0 Å². The van der Waals surface area contributed by atoms with Crippen molar-refractivity contribution in [1.29, 1.82) is 0 Å². The summed E-state index contributed by atoms with van der Waals surface area (Å²) in [7, 11) is 0. The minimum absolute atomic E-state index is 0.108. The minimum atomic E-state index is -0.746. The van der Waals surface area contributed by atoms with Crippen molar-refractivity contribution in [2.24, 2.45) is 0 Å². The molecule has 0 aromatic carbocycles. The zero-order valence-corrected chi connectivity index (χ0v) is 30.1. The van der Waals surface area contributed by atoms with Gasteiger partial charge in [0.2, 0.25) is 0 Å². The SMILES string of the molecule is CCCCCCCCCCCCCCCCOC(O)CCN(CCO)C(CCO)CCCCCCCCCCCCCCC. The summed E-state index contributed by atoms with van der Waals surface area (Å²) in [4.78, 5) is 2.26. The lowest BCUT2D eigenvalue weighted by atomic mass is 10.0. The minimum Gasteiger partial charge on any atom is -0.396 e. The third kappa shape index (κ3) is 31.8. The zero-order chi connectivity index (χ0) is 32.2. The molecule has 0 aliphatic carbocycles. The molecule has 0 rings (SSSR count). The Bertz CT molecular complexity index is 520. The Morgan fingerprint density at radius 1 is 0.432 bits per heavy atom. The van der Waals surface area contributed by atoms with Gasteiger partial charge in [0, 0.05) is 38.8 Å². The van der Waals surface area contributed by atoms with Gasteiger partial charge in [0.15, 0.2) is 6.29 Å². The molecule has 0 aliphatic heterocycles. The predicted molar refractivity (Wildman–Crippen MR) is 191 cm³/mol. The molecule has 0 bridgehead atoms. The maximum Gasteiger partial charge on any atom is 0.155 e. The average Bonchev–Trinajstić information content (AvgIpc) is 3.03. The second-order valence-corrected chi connectivity index (χ2v) is 13.7. The molecule has 0 aliphatic rings. The Balaban J connectivity index is 3.83. The number of ether oxygens (including phenoxy) is 1. The Hall–Kier alpha value is -0.200. The topological polar surface area (TPSA) is 73.2 Å². The number of aliphatic hydroxyl groups is 3. The van der Waals surface area contributed by atoms with Gasteiger partial charge in [-0.1, -0.05) is 181 Å². The van der Waals surface area contributed by atoms with E-state index in [2.05, 4.69) is 18.7 Å². The molecule has 266 valence electrons. The molecule has 0 radical (unpaired) electrons. The highest BCUT2D eigenvalue weighted by atomic mass is 16.6. The molecule has 0 aromatic heterocycles. The van der Waals surface area contributed by atoms with Crippen LogP contribution in [0.2, 0.25) is 0 Å². The maximum atomic E-state index is 10.4. The van der Waals surface area contributed by atoms with E-state index in [0.29, 0.717) is 26.1 Å². The molecule has 0 aromatic rings. The first-order chi connectivity index (χ1) is 21.7. The Labute approximate surface area is 276 Å². The van der Waals surface area contributed by atoms with Crippen LogP contribution in [0.3, 0.4) is 0 Å². The van der Waals surface area contributed by atoms with Crippen LogP contribution in [0.4, 0.5) is 0 Å². The Kier molecular flexibility index (Phi) is 37.1. The number of aliphatic hydroxyl groups excluding tert-OH is 3. The van der Waals surface area contributed by atoms with Crippen molar-refractivity contribution in [3.63, 3.8) is 0 Å². The summed E-state index contributed by atoms with van der Waals surface area (Å²) >= 11 is 0. The molecule has 0 heterocycles. The van der Waals surface area contributed by atoms with Gasteiger partial charge in [0.05, 0.1) is 6.61 Å². The molecule has 3 N–H and O–H groups in total. The van der Waals surface area contributed by atoms with Crippen molar-refractivity contribution in [3.05, 3.63) is 0 Å². The normalized spacial score (nSPS) is 13.2. The molecular weight excluding hydrogens is 546 g/mol. The predicted octanol–water partition coefficient (Wildman–Crippen LogP) is 10.7. The number of rotatable bonds is 38. The molecule has 0 saturated heterocycles. The van der Waals surface area contributed by atoms with E-state index >= 15 is 0 Å². The maximum absolute atomic E-state index is 10.4. The van der Waals surface area contributed by atoms with Crippen molar-refractivity contribution < 1.29 is 20.1 Å². The van der Waals surface area contributed by atoms with E-state index in [9.17, 15) is 15.3 Å². The summed E-state index contributed by atoms with van der Waals surface area (Å²) in [6, 6.07) is 0.262. The van der Waals surface area contributed by atoms with Crippen LogP contribution in [0.15, 0.2) is 0 Å². The monoisotopic (exact) mass is 628 g/mol. The highest BCUT2D eigenvalue weighted by molar-refractivity contribution is 4.72. The summed E-state index contributed by atoms with van der Waals surface area (Å²) in [5.74, 6) is 0. The van der Waals surface area contributed by atoms with Crippen LogP contribution in [-0.2, 0) is 4.74 Å². The standard InChI is InChI=1S/C39H81NO4/c1-3-5-7-9-11-13-15-17-19-21-23-25-27-29-37-44-39(43)31-33-40(34-36-42)38(32-35-41)30-28-26-24-22-20-18-16-14-12-10-8-6-4-2/h38-39,41-43H,3-37H2,1-2H3. The quantitative estimate of drug-likeness (QED) is 0.0469. The lowest BCUT2D eigenvalue weighted by Crippen LogP contribution is -2.40. The van der Waals surface area contributed by atoms with Crippen LogP contribution in [0, 0.1) is 0 Å². The summed E-state index contributed by atoms with van der Waals surface area (Å²) in [5, 5.41) is 29.8. The highest BCUT2D eigenvalue weighted by Gasteiger charge is 2.19. The van der Waals surface area contributed by atoms with Crippen LogP contribution in [0.1, 0.15) is 206 Å². The average molecular weight is 628 g/mol. The molecule has 0 saturated carbocycles. The highest BCUT2D eigenvalue weighted by Crippen LogP contribution is 2.18. The Morgan fingerprint density at radius 2 is 0.818 bits per heavy atom.